The van der Waals surface area contributed by atoms with Crippen LogP contribution in [0.5, 0.6) is 0 Å². The number of rotatable bonds is 8. The zero-order valence-corrected chi connectivity index (χ0v) is 17.5. The third-order valence-electron chi connectivity index (χ3n) is 5.07. The normalized spacial score (nSPS) is 10.7. The van der Waals surface area contributed by atoms with Crippen molar-refractivity contribution in [3.05, 3.63) is 96.6 Å². The molecule has 9 heteroatoms. The molecular weight excluding hydrogens is 428 g/mol. The highest BCUT2D eigenvalue weighted by atomic mass is 19.1. The Morgan fingerprint density at radius 1 is 1.06 bits per heavy atom. The number of hydrogen-bond acceptors (Lipinski definition) is 4. The van der Waals surface area contributed by atoms with Crippen molar-refractivity contribution in [2.45, 2.75) is 13.1 Å². The van der Waals surface area contributed by atoms with Crippen LogP contribution in [0.4, 0.5) is 25.0 Å². The van der Waals surface area contributed by atoms with Gasteiger partial charge in [0.1, 0.15) is 24.3 Å². The van der Waals surface area contributed by atoms with Crippen molar-refractivity contribution < 1.29 is 18.7 Å². The Bertz CT molecular complexity index is 1220. The molecule has 0 unspecified atom stereocenters. The van der Waals surface area contributed by atoms with E-state index >= 15 is 4.39 Å². The Hall–Kier alpha value is -4.27. The minimum atomic E-state index is -1.32. The molecule has 0 aliphatic carbocycles. The lowest BCUT2D eigenvalue weighted by molar-refractivity contribution is 0.201. The van der Waals surface area contributed by atoms with Crippen LogP contribution in [0.1, 0.15) is 5.56 Å². The molecule has 1 aromatic heterocycles. The van der Waals surface area contributed by atoms with E-state index in [0.29, 0.717) is 29.9 Å². The second-order valence-corrected chi connectivity index (χ2v) is 7.30. The number of nitrogens with zero attached hydrogens (tertiary/aromatic N) is 4. The third kappa shape index (κ3) is 5.32. The van der Waals surface area contributed by atoms with Crippen molar-refractivity contribution in [3.8, 4) is 11.1 Å². The maximum atomic E-state index is 15.2. The van der Waals surface area contributed by atoms with Gasteiger partial charge in [-0.05, 0) is 35.4 Å². The second-order valence-electron chi connectivity index (χ2n) is 7.30. The topological polar surface area (TPSA) is 83.3 Å². The summed E-state index contributed by atoms with van der Waals surface area (Å²) in [5.74, 6) is -1.12. The molecule has 0 atom stereocenters. The fraction of sp³-hybridized carbons (Fsp3) is 0.125. The van der Waals surface area contributed by atoms with Gasteiger partial charge in [0, 0.05) is 17.8 Å². The molecule has 1 heterocycles. The van der Waals surface area contributed by atoms with Gasteiger partial charge in [0.25, 0.3) is 0 Å². The van der Waals surface area contributed by atoms with Crippen molar-refractivity contribution in [2.24, 2.45) is 0 Å². The predicted octanol–water partition coefficient (Wildman–Crippen LogP) is 5.02. The standard InChI is InChI=1S/C24H21F2N5O2/c25-19-8-6-17(7-9-19)14-31(24(32)33)23-12-20(18-4-2-1-3-5-18)22(13-21(23)26)28-10-11-30-16-27-15-29-30/h1-9,12-13,15-16,28H,10-11,14H2,(H,32,33). The molecule has 0 aliphatic heterocycles. The summed E-state index contributed by atoms with van der Waals surface area (Å²) < 4.78 is 30.1. The summed E-state index contributed by atoms with van der Waals surface area (Å²) in [6.45, 7) is 0.851. The van der Waals surface area contributed by atoms with Crippen LogP contribution in [-0.2, 0) is 13.1 Å². The van der Waals surface area contributed by atoms with Gasteiger partial charge in [-0.2, -0.15) is 5.10 Å². The van der Waals surface area contributed by atoms with Gasteiger partial charge in [-0.25, -0.2) is 18.6 Å². The number of benzene rings is 3. The number of halogens is 2. The molecule has 4 aromatic rings. The first kappa shape index (κ1) is 21.9. The lowest BCUT2D eigenvalue weighted by atomic mass is 10.0. The number of aromatic nitrogens is 3. The summed E-state index contributed by atoms with van der Waals surface area (Å²) in [5, 5.41) is 17.0. The molecular formula is C24H21F2N5O2. The smallest absolute Gasteiger partial charge is 0.412 e. The van der Waals surface area contributed by atoms with E-state index in [1.807, 2.05) is 30.3 Å². The van der Waals surface area contributed by atoms with Gasteiger partial charge in [-0.3, -0.25) is 9.58 Å². The summed E-state index contributed by atoms with van der Waals surface area (Å²) in [5.41, 5.74) is 2.42. The van der Waals surface area contributed by atoms with E-state index in [-0.39, 0.29) is 12.2 Å². The Morgan fingerprint density at radius 3 is 2.48 bits per heavy atom. The van der Waals surface area contributed by atoms with Crippen LogP contribution in [0.2, 0.25) is 0 Å². The summed E-state index contributed by atoms with van der Waals surface area (Å²) >= 11 is 0. The monoisotopic (exact) mass is 449 g/mol. The minimum Gasteiger partial charge on any atom is -0.465 e. The molecule has 0 saturated carbocycles. The van der Waals surface area contributed by atoms with E-state index in [4.69, 9.17) is 0 Å². The highest BCUT2D eigenvalue weighted by Gasteiger charge is 2.22. The van der Waals surface area contributed by atoms with Gasteiger partial charge in [-0.1, -0.05) is 42.5 Å². The van der Waals surface area contributed by atoms with Crippen LogP contribution in [0.3, 0.4) is 0 Å². The molecule has 3 aromatic carbocycles. The van der Waals surface area contributed by atoms with E-state index in [2.05, 4.69) is 15.4 Å². The molecule has 33 heavy (non-hydrogen) atoms. The predicted molar refractivity (Wildman–Crippen MR) is 121 cm³/mol. The molecule has 1 amide bonds. The fourth-order valence-electron chi connectivity index (χ4n) is 3.45. The third-order valence-corrected chi connectivity index (χ3v) is 5.07. The Kier molecular flexibility index (Phi) is 6.58. The Morgan fingerprint density at radius 2 is 1.82 bits per heavy atom. The van der Waals surface area contributed by atoms with Gasteiger partial charge in [0.15, 0.2) is 0 Å². The average molecular weight is 449 g/mol. The number of carboxylic acid groups (broad SMARTS) is 1. The molecule has 0 saturated heterocycles. The zero-order chi connectivity index (χ0) is 23.2. The number of anilines is 2. The van der Waals surface area contributed by atoms with E-state index < -0.39 is 17.7 Å². The number of hydrogen-bond donors (Lipinski definition) is 2. The lowest BCUT2D eigenvalue weighted by Gasteiger charge is -2.23. The SMILES string of the molecule is O=C(O)N(Cc1ccc(F)cc1)c1cc(-c2ccccc2)c(NCCn2cncn2)cc1F. The van der Waals surface area contributed by atoms with E-state index in [1.54, 1.807) is 11.0 Å². The average Bonchev–Trinajstić information content (AvgIpc) is 3.33. The first-order valence-electron chi connectivity index (χ1n) is 10.2. The molecule has 2 N–H and O–H groups in total. The Balaban J connectivity index is 1.68. The van der Waals surface area contributed by atoms with Gasteiger partial charge in [0.2, 0.25) is 0 Å². The summed E-state index contributed by atoms with van der Waals surface area (Å²) in [6.07, 6.45) is 1.71. The van der Waals surface area contributed by atoms with E-state index in [0.717, 1.165) is 10.5 Å². The maximum Gasteiger partial charge on any atom is 0.412 e. The second kappa shape index (κ2) is 9.90. The van der Waals surface area contributed by atoms with E-state index in [1.165, 1.54) is 42.7 Å². The van der Waals surface area contributed by atoms with Crippen LogP contribution in [-0.4, -0.2) is 32.5 Å². The highest BCUT2D eigenvalue weighted by Crippen LogP contribution is 2.35. The largest absolute Gasteiger partial charge is 0.465 e. The van der Waals surface area contributed by atoms with Crippen molar-refractivity contribution >= 4 is 17.5 Å². The van der Waals surface area contributed by atoms with Crippen molar-refractivity contribution in [2.75, 3.05) is 16.8 Å². The van der Waals surface area contributed by atoms with Gasteiger partial charge >= 0.3 is 6.09 Å². The van der Waals surface area contributed by atoms with Crippen LogP contribution >= 0.6 is 0 Å². The molecule has 0 aliphatic rings. The van der Waals surface area contributed by atoms with Crippen LogP contribution in [0, 0.1) is 11.6 Å². The minimum absolute atomic E-state index is 0.0903. The molecule has 7 nitrogen and oxygen atoms in total. The van der Waals surface area contributed by atoms with Crippen molar-refractivity contribution in [3.63, 3.8) is 0 Å². The van der Waals surface area contributed by atoms with Gasteiger partial charge in [-0.15, -0.1) is 0 Å². The first-order chi connectivity index (χ1) is 16.0. The summed E-state index contributed by atoms with van der Waals surface area (Å²) in [6, 6.07) is 17.5. The van der Waals surface area contributed by atoms with Crippen molar-refractivity contribution in [1.82, 2.24) is 14.8 Å². The molecule has 0 bridgehead atoms. The highest BCUT2D eigenvalue weighted by molar-refractivity contribution is 5.90. The number of carbonyl (C=O) groups is 1. The van der Waals surface area contributed by atoms with E-state index in [9.17, 15) is 14.3 Å². The number of amides is 1. The number of nitrogens with one attached hydrogen (secondary N) is 1. The van der Waals surface area contributed by atoms with Crippen LogP contribution in [0.25, 0.3) is 11.1 Å². The molecule has 0 radical (unpaired) electrons. The van der Waals surface area contributed by atoms with Crippen LogP contribution < -0.4 is 10.2 Å². The molecule has 168 valence electrons. The maximum absolute atomic E-state index is 15.2. The van der Waals surface area contributed by atoms with Gasteiger partial charge in [0.05, 0.1) is 18.8 Å². The summed E-state index contributed by atoms with van der Waals surface area (Å²) in [7, 11) is 0. The summed E-state index contributed by atoms with van der Waals surface area (Å²) in [4.78, 5) is 16.8. The zero-order valence-electron chi connectivity index (χ0n) is 17.5. The Labute approximate surface area is 188 Å². The molecule has 0 spiro atoms. The molecule has 0 fully saturated rings. The van der Waals surface area contributed by atoms with Crippen LogP contribution in [0.15, 0.2) is 79.4 Å². The lowest BCUT2D eigenvalue weighted by Crippen LogP contribution is -2.29. The fourth-order valence-corrected chi connectivity index (χ4v) is 3.45. The quantitative estimate of drug-likeness (QED) is 0.395. The first-order valence-corrected chi connectivity index (χ1v) is 10.2. The molecule has 4 rings (SSSR count). The van der Waals surface area contributed by atoms with Gasteiger partial charge < -0.3 is 10.4 Å². The van der Waals surface area contributed by atoms with Crippen molar-refractivity contribution in [1.29, 1.82) is 0 Å².